The lowest BCUT2D eigenvalue weighted by Crippen LogP contribution is -2.13. The Morgan fingerprint density at radius 3 is 2.15 bits per heavy atom. The second-order valence-electron chi connectivity index (χ2n) is 5.57. The van der Waals surface area contributed by atoms with Crippen molar-refractivity contribution in [1.82, 2.24) is 4.98 Å². The van der Waals surface area contributed by atoms with Crippen molar-refractivity contribution in [3.8, 4) is 0 Å². The minimum atomic E-state index is -3.77. The summed E-state index contributed by atoms with van der Waals surface area (Å²) in [5.74, 6) is -1.39. The van der Waals surface area contributed by atoms with E-state index in [1.807, 2.05) is 6.92 Å². The van der Waals surface area contributed by atoms with Crippen molar-refractivity contribution in [3.05, 3.63) is 78.0 Å². The van der Waals surface area contributed by atoms with Crippen LogP contribution >= 0.6 is 0 Å². The number of nitrogens with one attached hydrogen (secondary N) is 2. The van der Waals surface area contributed by atoms with Crippen LogP contribution in [-0.2, 0) is 10.0 Å². The van der Waals surface area contributed by atoms with Crippen LogP contribution in [0.5, 0.6) is 0 Å². The number of rotatable bonds is 5. The maximum Gasteiger partial charge on any atom is 0.263 e. The normalized spacial score (nSPS) is 11.2. The zero-order valence-electron chi connectivity index (χ0n) is 13.7. The van der Waals surface area contributed by atoms with Crippen LogP contribution in [0.15, 0.2) is 65.7 Å². The number of anilines is 3. The van der Waals surface area contributed by atoms with Gasteiger partial charge < -0.3 is 5.32 Å². The second-order valence-corrected chi connectivity index (χ2v) is 7.25. The molecule has 0 aliphatic rings. The monoisotopic (exact) mass is 375 g/mol. The smallest absolute Gasteiger partial charge is 0.263 e. The van der Waals surface area contributed by atoms with Gasteiger partial charge in [-0.25, -0.2) is 22.2 Å². The van der Waals surface area contributed by atoms with Crippen LogP contribution in [0, 0.1) is 18.6 Å². The van der Waals surface area contributed by atoms with E-state index in [-0.39, 0.29) is 16.4 Å². The first kappa shape index (κ1) is 17.8. The molecule has 0 amide bonds. The van der Waals surface area contributed by atoms with Gasteiger partial charge in [0.2, 0.25) is 0 Å². The summed E-state index contributed by atoms with van der Waals surface area (Å²) >= 11 is 0. The Morgan fingerprint density at radius 2 is 1.58 bits per heavy atom. The molecule has 0 fully saturated rings. The fraction of sp³-hybridized carbons (Fsp3) is 0.0556. The molecule has 3 aromatic rings. The molecular weight excluding hydrogens is 360 g/mol. The molecule has 26 heavy (non-hydrogen) atoms. The molecule has 1 aromatic heterocycles. The van der Waals surface area contributed by atoms with Crippen molar-refractivity contribution in [1.29, 1.82) is 0 Å². The third-order valence-corrected chi connectivity index (χ3v) is 4.94. The van der Waals surface area contributed by atoms with Crippen molar-refractivity contribution in [2.24, 2.45) is 0 Å². The molecule has 0 aliphatic heterocycles. The molecule has 0 unspecified atom stereocenters. The summed E-state index contributed by atoms with van der Waals surface area (Å²) in [5.41, 5.74) is 0.951. The maximum absolute atomic E-state index is 13.6. The molecule has 2 aromatic carbocycles. The largest absolute Gasteiger partial charge is 0.349 e. The number of aromatic nitrogens is 1. The molecule has 1 heterocycles. The standard InChI is InChI=1S/C18H15F2N3O2S/c1-12-5-8-14(9-6-12)26(24,25)23-17-10-7-13(11-21-17)22-18-15(19)3-2-4-16(18)20/h2-11,22H,1H3,(H,21,23). The van der Waals surface area contributed by atoms with Crippen LogP contribution in [0.4, 0.5) is 26.0 Å². The quantitative estimate of drug-likeness (QED) is 0.701. The SMILES string of the molecule is Cc1ccc(S(=O)(=O)Nc2ccc(Nc3c(F)cccc3F)cn2)cc1. The van der Waals surface area contributed by atoms with Gasteiger partial charge in [0, 0.05) is 0 Å². The van der Waals surface area contributed by atoms with Crippen LogP contribution in [-0.4, -0.2) is 13.4 Å². The van der Waals surface area contributed by atoms with Gasteiger partial charge in [0.1, 0.15) is 23.1 Å². The number of aryl methyl sites for hydroxylation is 1. The Bertz CT molecular complexity index is 1000. The van der Waals surface area contributed by atoms with Crippen LogP contribution < -0.4 is 10.0 Å². The Balaban J connectivity index is 1.76. The zero-order valence-corrected chi connectivity index (χ0v) is 14.5. The molecule has 134 valence electrons. The van der Waals surface area contributed by atoms with E-state index in [9.17, 15) is 17.2 Å². The zero-order chi connectivity index (χ0) is 18.7. The number of para-hydroxylation sites is 1. The van der Waals surface area contributed by atoms with Gasteiger partial charge in [0.05, 0.1) is 16.8 Å². The molecule has 0 saturated carbocycles. The molecular formula is C18H15F2N3O2S. The Hall–Kier alpha value is -3.00. The molecule has 0 aliphatic carbocycles. The Labute approximate surface area is 149 Å². The highest BCUT2D eigenvalue weighted by atomic mass is 32.2. The third kappa shape index (κ3) is 3.97. The highest BCUT2D eigenvalue weighted by Gasteiger charge is 2.15. The van der Waals surface area contributed by atoms with E-state index in [1.54, 1.807) is 12.1 Å². The first-order valence-corrected chi connectivity index (χ1v) is 9.10. The van der Waals surface area contributed by atoms with Crippen molar-refractivity contribution >= 4 is 27.2 Å². The van der Waals surface area contributed by atoms with E-state index in [0.29, 0.717) is 5.69 Å². The van der Waals surface area contributed by atoms with Crippen molar-refractivity contribution in [2.75, 3.05) is 10.0 Å². The van der Waals surface area contributed by atoms with Crippen LogP contribution in [0.1, 0.15) is 5.56 Å². The molecule has 0 atom stereocenters. The molecule has 2 N–H and O–H groups in total. The predicted molar refractivity (Wildman–Crippen MR) is 95.9 cm³/mol. The van der Waals surface area contributed by atoms with Crippen molar-refractivity contribution in [2.45, 2.75) is 11.8 Å². The van der Waals surface area contributed by atoms with Gasteiger partial charge in [-0.2, -0.15) is 0 Å². The van der Waals surface area contributed by atoms with E-state index in [2.05, 4.69) is 15.0 Å². The molecule has 0 bridgehead atoms. The van der Waals surface area contributed by atoms with Gasteiger partial charge in [-0.1, -0.05) is 23.8 Å². The predicted octanol–water partition coefficient (Wildman–Crippen LogP) is 4.21. The second kappa shape index (κ2) is 7.09. The first-order chi connectivity index (χ1) is 12.3. The van der Waals surface area contributed by atoms with E-state index in [4.69, 9.17) is 0 Å². The number of benzene rings is 2. The lowest BCUT2D eigenvalue weighted by Gasteiger charge is -2.10. The summed E-state index contributed by atoms with van der Waals surface area (Å²) < 4.78 is 54.3. The molecule has 0 spiro atoms. The topological polar surface area (TPSA) is 71.1 Å². The Morgan fingerprint density at radius 1 is 0.923 bits per heavy atom. The van der Waals surface area contributed by atoms with E-state index in [0.717, 1.165) is 17.7 Å². The summed E-state index contributed by atoms with van der Waals surface area (Å²) in [6, 6.07) is 12.8. The summed E-state index contributed by atoms with van der Waals surface area (Å²) in [7, 11) is -3.77. The van der Waals surface area contributed by atoms with E-state index >= 15 is 0 Å². The average Bonchev–Trinajstić information content (AvgIpc) is 2.60. The molecule has 3 rings (SSSR count). The molecule has 5 nitrogen and oxygen atoms in total. The van der Waals surface area contributed by atoms with Gasteiger partial charge in [-0.3, -0.25) is 4.72 Å². The number of halogens is 2. The molecule has 0 radical (unpaired) electrons. The number of hydrogen-bond acceptors (Lipinski definition) is 4. The fourth-order valence-corrected chi connectivity index (χ4v) is 3.21. The van der Waals surface area contributed by atoms with Crippen molar-refractivity contribution in [3.63, 3.8) is 0 Å². The highest BCUT2D eigenvalue weighted by molar-refractivity contribution is 7.92. The third-order valence-electron chi connectivity index (χ3n) is 3.57. The summed E-state index contributed by atoms with van der Waals surface area (Å²) in [5, 5.41) is 2.58. The lowest BCUT2D eigenvalue weighted by atomic mass is 10.2. The molecule has 0 saturated heterocycles. The van der Waals surface area contributed by atoms with Gasteiger partial charge in [-0.05, 0) is 43.3 Å². The Kier molecular flexibility index (Phi) is 4.85. The van der Waals surface area contributed by atoms with Crippen LogP contribution in [0.2, 0.25) is 0 Å². The van der Waals surface area contributed by atoms with Crippen LogP contribution in [0.25, 0.3) is 0 Å². The highest BCUT2D eigenvalue weighted by Crippen LogP contribution is 2.23. The fourth-order valence-electron chi connectivity index (χ4n) is 2.20. The van der Waals surface area contributed by atoms with Gasteiger partial charge in [-0.15, -0.1) is 0 Å². The maximum atomic E-state index is 13.6. The molecule has 8 heteroatoms. The number of pyridine rings is 1. The average molecular weight is 375 g/mol. The van der Waals surface area contributed by atoms with E-state index in [1.165, 1.54) is 36.5 Å². The van der Waals surface area contributed by atoms with Gasteiger partial charge >= 0.3 is 0 Å². The number of nitrogens with zero attached hydrogens (tertiary/aromatic N) is 1. The minimum Gasteiger partial charge on any atom is -0.349 e. The first-order valence-electron chi connectivity index (χ1n) is 7.62. The van der Waals surface area contributed by atoms with Gasteiger partial charge in [0.25, 0.3) is 10.0 Å². The van der Waals surface area contributed by atoms with Crippen LogP contribution in [0.3, 0.4) is 0 Å². The number of sulfonamides is 1. The van der Waals surface area contributed by atoms with E-state index < -0.39 is 21.7 Å². The summed E-state index contributed by atoms with van der Waals surface area (Å²) in [6.07, 6.45) is 1.28. The summed E-state index contributed by atoms with van der Waals surface area (Å²) in [6.45, 7) is 1.86. The minimum absolute atomic E-state index is 0.0881. The number of hydrogen-bond donors (Lipinski definition) is 2. The van der Waals surface area contributed by atoms with Gasteiger partial charge in [0.15, 0.2) is 0 Å². The summed E-state index contributed by atoms with van der Waals surface area (Å²) in [4.78, 5) is 4.08. The lowest BCUT2D eigenvalue weighted by molar-refractivity contribution is 0.590. The van der Waals surface area contributed by atoms with Crippen molar-refractivity contribution < 1.29 is 17.2 Å².